The molecule has 8 heteroatoms. The van der Waals surface area contributed by atoms with Gasteiger partial charge in [0, 0.05) is 19.5 Å². The molecule has 0 aliphatic carbocycles. The molecule has 0 unspecified atom stereocenters. The van der Waals surface area contributed by atoms with Gasteiger partial charge in [0.1, 0.15) is 5.75 Å². The van der Waals surface area contributed by atoms with Crippen LogP contribution in [-0.4, -0.2) is 38.4 Å². The fourth-order valence-electron chi connectivity index (χ4n) is 1.81. The molecule has 2 aromatic rings. The molecule has 0 fully saturated rings. The lowest BCUT2D eigenvalue weighted by atomic mass is 10.3. The summed E-state index contributed by atoms with van der Waals surface area (Å²) in [6, 6.07) is 4.81. The fourth-order valence-corrected chi connectivity index (χ4v) is 3.30. The van der Waals surface area contributed by atoms with Crippen molar-refractivity contribution in [1.82, 2.24) is 9.29 Å². The summed E-state index contributed by atoms with van der Waals surface area (Å²) in [6.45, 7) is 2.90. The molecule has 1 heterocycles. The lowest BCUT2D eigenvalue weighted by Gasteiger charge is -2.16. The average molecular weight is 341 g/mol. The van der Waals surface area contributed by atoms with Gasteiger partial charge in [-0.25, -0.2) is 17.7 Å². The molecule has 2 rings (SSSR count). The van der Waals surface area contributed by atoms with Crippen molar-refractivity contribution in [2.45, 2.75) is 18.4 Å². The van der Waals surface area contributed by atoms with Crippen molar-refractivity contribution in [2.24, 2.45) is 0 Å². The Labute approximate surface area is 134 Å². The Morgan fingerprint density at radius 3 is 2.73 bits per heavy atom. The predicted octanol–water partition coefficient (Wildman–Crippen LogP) is 2.40. The van der Waals surface area contributed by atoms with Crippen molar-refractivity contribution >= 4 is 27.0 Å². The summed E-state index contributed by atoms with van der Waals surface area (Å²) in [5.41, 5.74) is 3.29. The first-order chi connectivity index (χ1) is 10.4. The van der Waals surface area contributed by atoms with Crippen LogP contribution in [-0.2, 0) is 16.6 Å². The second-order valence-electron chi connectivity index (χ2n) is 4.71. The molecular weight excluding hydrogens is 322 g/mol. The van der Waals surface area contributed by atoms with Crippen LogP contribution in [0.1, 0.15) is 12.6 Å². The highest BCUT2D eigenvalue weighted by molar-refractivity contribution is 7.89. The van der Waals surface area contributed by atoms with Crippen LogP contribution in [0.25, 0.3) is 0 Å². The van der Waals surface area contributed by atoms with Crippen LogP contribution in [0.3, 0.4) is 0 Å². The quantitative estimate of drug-likeness (QED) is 0.837. The van der Waals surface area contributed by atoms with Gasteiger partial charge in [-0.15, -0.1) is 11.3 Å². The first-order valence-electron chi connectivity index (χ1n) is 6.75. The van der Waals surface area contributed by atoms with Crippen molar-refractivity contribution in [3.8, 4) is 5.75 Å². The minimum Gasteiger partial charge on any atom is -0.492 e. The van der Waals surface area contributed by atoms with E-state index < -0.39 is 10.0 Å². The number of ether oxygens (including phenoxy) is 1. The molecule has 0 amide bonds. The number of aromatic nitrogens is 1. The highest BCUT2D eigenvalue weighted by atomic mass is 32.2. The summed E-state index contributed by atoms with van der Waals surface area (Å²) in [5, 5.41) is 5.13. The highest BCUT2D eigenvalue weighted by Gasteiger charge is 2.19. The van der Waals surface area contributed by atoms with Crippen molar-refractivity contribution in [3.05, 3.63) is 34.8 Å². The van der Waals surface area contributed by atoms with Gasteiger partial charge < -0.3 is 10.1 Å². The Kier molecular flexibility index (Phi) is 5.38. The minimum absolute atomic E-state index is 0.224. The summed E-state index contributed by atoms with van der Waals surface area (Å²) in [7, 11) is -0.463. The van der Waals surface area contributed by atoms with E-state index in [0.29, 0.717) is 24.6 Å². The maximum atomic E-state index is 12.2. The van der Waals surface area contributed by atoms with Gasteiger partial charge in [0.15, 0.2) is 0 Å². The van der Waals surface area contributed by atoms with E-state index in [-0.39, 0.29) is 4.90 Å². The topological polar surface area (TPSA) is 71.5 Å². The van der Waals surface area contributed by atoms with E-state index in [0.717, 1.165) is 5.69 Å². The van der Waals surface area contributed by atoms with Crippen molar-refractivity contribution in [1.29, 1.82) is 0 Å². The van der Waals surface area contributed by atoms with Gasteiger partial charge in [-0.05, 0) is 25.1 Å². The first-order valence-corrected chi connectivity index (χ1v) is 9.13. The second-order valence-corrected chi connectivity index (χ2v) is 7.58. The van der Waals surface area contributed by atoms with Crippen LogP contribution in [0.5, 0.6) is 5.75 Å². The number of hydrogen-bond acceptors (Lipinski definition) is 6. The third-order valence-corrected chi connectivity index (χ3v) is 5.42. The summed E-state index contributed by atoms with van der Waals surface area (Å²) in [6.07, 6.45) is 0. The van der Waals surface area contributed by atoms with Crippen LogP contribution in [0.4, 0.5) is 5.69 Å². The molecule has 0 spiro atoms. The molecule has 0 atom stereocenters. The molecule has 0 bridgehead atoms. The standard InChI is InChI=1S/C14H19N3O3S2/c1-4-20-14-6-5-12(22(18,19)17(2)3)7-13(14)15-8-11-9-21-10-16-11/h5-7,9-10,15H,4,8H2,1-3H3. The van der Waals surface area contributed by atoms with Gasteiger partial charge >= 0.3 is 0 Å². The van der Waals surface area contributed by atoms with E-state index >= 15 is 0 Å². The zero-order valence-corrected chi connectivity index (χ0v) is 14.4. The number of thiazole rings is 1. The zero-order valence-electron chi connectivity index (χ0n) is 12.7. The maximum absolute atomic E-state index is 12.2. The van der Waals surface area contributed by atoms with Gasteiger partial charge in [0.05, 0.1) is 34.9 Å². The maximum Gasteiger partial charge on any atom is 0.242 e. The number of benzene rings is 1. The van der Waals surface area contributed by atoms with E-state index in [1.54, 1.807) is 23.7 Å². The van der Waals surface area contributed by atoms with Gasteiger partial charge in [0.25, 0.3) is 0 Å². The first kappa shape index (κ1) is 16.7. The number of nitrogens with one attached hydrogen (secondary N) is 1. The van der Waals surface area contributed by atoms with Gasteiger partial charge in [-0.3, -0.25) is 0 Å². The Bertz CT molecular complexity index is 713. The molecule has 6 nitrogen and oxygen atoms in total. The largest absolute Gasteiger partial charge is 0.492 e. The molecule has 1 N–H and O–H groups in total. The molecule has 0 radical (unpaired) electrons. The molecule has 0 saturated heterocycles. The average Bonchev–Trinajstić information content (AvgIpc) is 2.99. The number of sulfonamides is 1. The Morgan fingerprint density at radius 1 is 1.36 bits per heavy atom. The van der Waals surface area contributed by atoms with Gasteiger partial charge in [-0.2, -0.15) is 0 Å². The Morgan fingerprint density at radius 2 is 2.14 bits per heavy atom. The second kappa shape index (κ2) is 7.08. The van der Waals surface area contributed by atoms with Crippen LogP contribution < -0.4 is 10.1 Å². The lowest BCUT2D eigenvalue weighted by Crippen LogP contribution is -2.22. The molecule has 22 heavy (non-hydrogen) atoms. The number of anilines is 1. The number of nitrogens with zero attached hydrogens (tertiary/aromatic N) is 2. The van der Waals surface area contributed by atoms with Gasteiger partial charge in [-0.1, -0.05) is 0 Å². The minimum atomic E-state index is -3.48. The highest BCUT2D eigenvalue weighted by Crippen LogP contribution is 2.29. The smallest absolute Gasteiger partial charge is 0.242 e. The summed E-state index contributed by atoms with van der Waals surface area (Å²) in [4.78, 5) is 4.42. The number of hydrogen-bond donors (Lipinski definition) is 1. The van der Waals surface area contributed by atoms with Gasteiger partial charge in [0.2, 0.25) is 10.0 Å². The van der Waals surface area contributed by atoms with Crippen LogP contribution >= 0.6 is 11.3 Å². The summed E-state index contributed by atoms with van der Waals surface area (Å²) < 4.78 is 31.2. The Hall–Kier alpha value is -1.64. The summed E-state index contributed by atoms with van der Waals surface area (Å²) >= 11 is 1.52. The SMILES string of the molecule is CCOc1ccc(S(=O)(=O)N(C)C)cc1NCc1cscn1. The molecule has 0 aliphatic heterocycles. The van der Waals surface area contributed by atoms with Crippen molar-refractivity contribution < 1.29 is 13.2 Å². The lowest BCUT2D eigenvalue weighted by molar-refractivity contribution is 0.341. The molecule has 0 aliphatic rings. The molecular formula is C14H19N3O3S2. The third kappa shape index (κ3) is 3.76. The van der Waals surface area contributed by atoms with E-state index in [1.807, 2.05) is 12.3 Å². The number of rotatable bonds is 7. The van der Waals surface area contributed by atoms with Crippen LogP contribution in [0.2, 0.25) is 0 Å². The zero-order chi connectivity index (χ0) is 16.2. The molecule has 1 aromatic heterocycles. The van der Waals surface area contributed by atoms with Crippen LogP contribution in [0.15, 0.2) is 34.0 Å². The van der Waals surface area contributed by atoms with Crippen LogP contribution in [0, 0.1) is 0 Å². The van der Waals surface area contributed by atoms with Crippen molar-refractivity contribution in [3.63, 3.8) is 0 Å². The monoisotopic (exact) mass is 341 g/mol. The summed E-state index contributed by atoms with van der Waals surface area (Å²) in [5.74, 6) is 0.621. The third-order valence-electron chi connectivity index (χ3n) is 2.97. The predicted molar refractivity (Wildman–Crippen MR) is 87.9 cm³/mol. The molecule has 1 aromatic carbocycles. The van der Waals surface area contributed by atoms with E-state index in [1.165, 1.54) is 29.7 Å². The Balaban J connectivity index is 2.31. The van der Waals surface area contributed by atoms with E-state index in [4.69, 9.17) is 4.74 Å². The normalized spacial score (nSPS) is 11.6. The van der Waals surface area contributed by atoms with E-state index in [2.05, 4.69) is 10.3 Å². The molecule has 0 saturated carbocycles. The molecule has 120 valence electrons. The van der Waals surface area contributed by atoms with Crippen molar-refractivity contribution in [2.75, 3.05) is 26.0 Å². The fraction of sp³-hybridized carbons (Fsp3) is 0.357. The van der Waals surface area contributed by atoms with E-state index in [9.17, 15) is 8.42 Å².